The van der Waals surface area contributed by atoms with Gasteiger partial charge in [-0.2, -0.15) is 4.39 Å². The Hall–Kier alpha value is -3.73. The Bertz CT molecular complexity index is 1040. The molecular formula is C21H20F3N3O5. The molecular weight excluding hydrogens is 431 g/mol. The van der Waals surface area contributed by atoms with Crippen LogP contribution < -0.4 is 15.2 Å². The van der Waals surface area contributed by atoms with E-state index in [1.165, 1.54) is 24.3 Å². The summed E-state index contributed by atoms with van der Waals surface area (Å²) >= 11 is 0. The van der Waals surface area contributed by atoms with Gasteiger partial charge in [-0.25, -0.2) is 23.6 Å². The summed E-state index contributed by atoms with van der Waals surface area (Å²) in [4.78, 5) is 15.2. The zero-order valence-corrected chi connectivity index (χ0v) is 16.9. The van der Waals surface area contributed by atoms with E-state index in [1.54, 1.807) is 31.2 Å². The number of aromatic nitrogens is 1. The first-order chi connectivity index (χ1) is 15.2. The van der Waals surface area contributed by atoms with Gasteiger partial charge in [0.2, 0.25) is 5.89 Å². The molecule has 1 aromatic heterocycles. The van der Waals surface area contributed by atoms with E-state index in [2.05, 4.69) is 9.72 Å². The Balaban J connectivity index is 1.60. The van der Waals surface area contributed by atoms with Gasteiger partial charge in [-0.05, 0) is 48.9 Å². The molecule has 3 aromatic rings. The lowest BCUT2D eigenvalue weighted by Crippen LogP contribution is -2.31. The maximum atomic E-state index is 13.0. The van der Waals surface area contributed by atoms with E-state index in [4.69, 9.17) is 14.9 Å². The van der Waals surface area contributed by atoms with Crippen LogP contribution in [-0.2, 0) is 13.2 Å². The van der Waals surface area contributed by atoms with Gasteiger partial charge in [-0.15, -0.1) is 0 Å². The third-order valence-electron chi connectivity index (χ3n) is 4.33. The number of rotatable bonds is 9. The van der Waals surface area contributed by atoms with Gasteiger partial charge >= 0.3 is 12.5 Å². The zero-order chi connectivity index (χ0) is 23.3. The van der Waals surface area contributed by atoms with E-state index < -0.39 is 18.8 Å². The van der Waals surface area contributed by atoms with E-state index in [-0.39, 0.29) is 24.8 Å². The van der Waals surface area contributed by atoms with Crippen molar-refractivity contribution in [2.45, 2.75) is 32.9 Å². The molecule has 8 nitrogen and oxygen atoms in total. The minimum Gasteiger partial charge on any atom is -0.487 e. The van der Waals surface area contributed by atoms with Gasteiger partial charge in [-0.1, -0.05) is 12.1 Å². The molecule has 170 valence electrons. The molecule has 3 N–H and O–H groups in total. The molecule has 11 heteroatoms. The molecule has 2 aromatic carbocycles. The Kier molecular flexibility index (Phi) is 7.21. The molecule has 0 aliphatic carbocycles. The van der Waals surface area contributed by atoms with Crippen molar-refractivity contribution in [1.29, 1.82) is 0 Å². The lowest BCUT2D eigenvalue weighted by atomic mass is 10.2. The van der Waals surface area contributed by atoms with Gasteiger partial charge in [0, 0.05) is 5.56 Å². The highest BCUT2D eigenvalue weighted by atomic mass is 19.3. The monoisotopic (exact) mass is 451 g/mol. The summed E-state index contributed by atoms with van der Waals surface area (Å²) in [5, 5.41) is 9.75. The Labute approximate surface area is 180 Å². The topological polar surface area (TPSA) is 111 Å². The number of ether oxygens (including phenoxy) is 2. The third-order valence-corrected chi connectivity index (χ3v) is 4.33. The van der Waals surface area contributed by atoms with Crippen LogP contribution in [0.15, 0.2) is 52.9 Å². The summed E-state index contributed by atoms with van der Waals surface area (Å²) in [7, 11) is 0. The average Bonchev–Trinajstić information content (AvgIpc) is 3.14. The molecule has 1 heterocycles. The highest BCUT2D eigenvalue weighted by Crippen LogP contribution is 2.26. The van der Waals surface area contributed by atoms with Gasteiger partial charge in [0.1, 0.15) is 29.6 Å². The third kappa shape index (κ3) is 5.91. The van der Waals surface area contributed by atoms with Crippen LogP contribution in [0.1, 0.15) is 17.0 Å². The maximum Gasteiger partial charge on any atom is 0.338 e. The maximum absolute atomic E-state index is 13.0. The molecule has 1 atom stereocenters. The molecule has 2 amide bonds. The number of aryl methyl sites for hydroxylation is 1. The SMILES string of the molecule is Cc1oc(-c2ccc(OC(F)C(F)F)cc2)nc1COc1ccc(CN(O)C(N)=O)cc1. The molecule has 0 radical (unpaired) electrons. The number of urea groups is 1. The highest BCUT2D eigenvalue weighted by molar-refractivity contribution is 5.70. The second-order valence-corrected chi connectivity index (χ2v) is 6.68. The van der Waals surface area contributed by atoms with Crippen molar-refractivity contribution < 1.29 is 37.1 Å². The quantitative estimate of drug-likeness (QED) is 0.368. The number of hydroxylamine groups is 2. The van der Waals surface area contributed by atoms with Gasteiger partial charge in [0.25, 0.3) is 6.36 Å². The number of oxazole rings is 1. The molecule has 3 rings (SSSR count). The molecule has 0 aliphatic rings. The summed E-state index contributed by atoms with van der Waals surface area (Å²) in [5.74, 6) is 1.29. The fourth-order valence-electron chi connectivity index (χ4n) is 2.64. The second-order valence-electron chi connectivity index (χ2n) is 6.68. The first-order valence-corrected chi connectivity index (χ1v) is 9.36. The number of carbonyl (C=O) groups excluding carboxylic acids is 1. The van der Waals surface area contributed by atoms with E-state index in [0.717, 1.165) is 0 Å². The molecule has 32 heavy (non-hydrogen) atoms. The van der Waals surface area contributed by atoms with Crippen LogP contribution in [0.2, 0.25) is 0 Å². The normalized spacial score (nSPS) is 11.9. The standard InChI is InChI=1S/C21H20F3N3O5/c1-12-17(11-30-15-6-2-13(3-7-15)10-27(29)21(25)28)26-20(31-12)14-4-8-16(9-5-14)32-19(24)18(22)23/h2-9,18-19,29H,10-11H2,1H3,(H2,25,28). The van der Waals surface area contributed by atoms with Crippen molar-refractivity contribution in [2.75, 3.05) is 0 Å². The summed E-state index contributed by atoms with van der Waals surface area (Å²) in [5.41, 5.74) is 6.71. The number of primary amides is 1. The number of carbonyl (C=O) groups is 1. The van der Waals surface area contributed by atoms with Gasteiger partial charge in [0.05, 0.1) is 6.54 Å². The van der Waals surface area contributed by atoms with Crippen molar-refractivity contribution in [3.63, 3.8) is 0 Å². The first kappa shape index (κ1) is 22.9. The zero-order valence-electron chi connectivity index (χ0n) is 16.9. The molecule has 0 bridgehead atoms. The van der Waals surface area contributed by atoms with Gasteiger partial charge in [0.15, 0.2) is 0 Å². The second kappa shape index (κ2) is 10.1. The smallest absolute Gasteiger partial charge is 0.338 e. The first-order valence-electron chi connectivity index (χ1n) is 9.36. The Morgan fingerprint density at radius 2 is 1.75 bits per heavy atom. The number of nitrogens with zero attached hydrogens (tertiary/aromatic N) is 2. The van der Waals surface area contributed by atoms with Crippen LogP contribution in [0.3, 0.4) is 0 Å². The van der Waals surface area contributed by atoms with Crippen molar-refractivity contribution >= 4 is 6.03 Å². The van der Waals surface area contributed by atoms with Crippen molar-refractivity contribution in [3.05, 3.63) is 65.5 Å². The predicted molar refractivity (Wildman–Crippen MR) is 106 cm³/mol. The van der Waals surface area contributed by atoms with Crippen LogP contribution in [0.5, 0.6) is 11.5 Å². The number of halogens is 3. The minimum absolute atomic E-state index is 0.0445. The Morgan fingerprint density at radius 1 is 1.12 bits per heavy atom. The van der Waals surface area contributed by atoms with E-state index in [1.807, 2.05) is 0 Å². The van der Waals surface area contributed by atoms with Gasteiger partial charge in [-0.3, -0.25) is 5.21 Å². The molecule has 0 aliphatic heterocycles. The number of benzene rings is 2. The van der Waals surface area contributed by atoms with E-state index in [0.29, 0.717) is 33.4 Å². The fraction of sp³-hybridized carbons (Fsp3) is 0.238. The van der Waals surface area contributed by atoms with Crippen molar-refractivity contribution in [2.24, 2.45) is 5.73 Å². The number of hydrogen-bond donors (Lipinski definition) is 2. The molecule has 0 saturated heterocycles. The molecule has 0 spiro atoms. The van der Waals surface area contributed by atoms with Crippen LogP contribution >= 0.6 is 0 Å². The summed E-state index contributed by atoms with van der Waals surface area (Å²) in [6.45, 7) is 1.77. The lowest BCUT2D eigenvalue weighted by Gasteiger charge is -2.12. The molecule has 0 saturated carbocycles. The van der Waals surface area contributed by atoms with Gasteiger partial charge < -0.3 is 19.6 Å². The number of hydrogen-bond acceptors (Lipinski definition) is 6. The lowest BCUT2D eigenvalue weighted by molar-refractivity contribution is -0.0668. The fourth-order valence-corrected chi connectivity index (χ4v) is 2.64. The molecule has 1 unspecified atom stereocenters. The van der Waals surface area contributed by atoms with Crippen molar-refractivity contribution in [3.8, 4) is 23.0 Å². The summed E-state index contributed by atoms with van der Waals surface area (Å²) in [6, 6.07) is 11.4. The van der Waals surface area contributed by atoms with Crippen molar-refractivity contribution in [1.82, 2.24) is 10.0 Å². The Morgan fingerprint density at radius 3 is 2.34 bits per heavy atom. The van der Waals surface area contributed by atoms with Crippen LogP contribution in [0.25, 0.3) is 11.5 Å². The summed E-state index contributed by atoms with van der Waals surface area (Å²) < 4.78 is 53.3. The van der Waals surface area contributed by atoms with E-state index in [9.17, 15) is 23.2 Å². The van der Waals surface area contributed by atoms with Crippen LogP contribution in [0, 0.1) is 6.92 Å². The predicted octanol–water partition coefficient (Wildman–Crippen LogP) is 4.44. The number of amides is 2. The van der Waals surface area contributed by atoms with Crippen LogP contribution in [0.4, 0.5) is 18.0 Å². The average molecular weight is 451 g/mol. The van der Waals surface area contributed by atoms with Crippen LogP contribution in [-0.4, -0.2) is 34.1 Å². The van der Waals surface area contributed by atoms with E-state index >= 15 is 0 Å². The molecule has 0 fully saturated rings. The largest absolute Gasteiger partial charge is 0.487 e. The summed E-state index contributed by atoms with van der Waals surface area (Å²) in [6.07, 6.45) is -5.93. The minimum atomic E-state index is -3.23. The highest BCUT2D eigenvalue weighted by Gasteiger charge is 2.21. The number of alkyl halides is 3. The number of nitrogens with two attached hydrogens (primary N) is 1.